The minimum atomic E-state index is -0.0544. The number of aliphatic imine (C=N–C) groups is 1. The molecule has 22 heavy (non-hydrogen) atoms. The monoisotopic (exact) mass is 312 g/mol. The average molecular weight is 312 g/mol. The summed E-state index contributed by atoms with van der Waals surface area (Å²) in [5, 5.41) is 9.03. The van der Waals surface area contributed by atoms with Crippen molar-refractivity contribution in [3.05, 3.63) is 0 Å². The molecule has 0 aromatic heterocycles. The summed E-state index contributed by atoms with van der Waals surface area (Å²) >= 11 is 0. The van der Waals surface area contributed by atoms with Gasteiger partial charge in [-0.05, 0) is 12.3 Å². The quantitative estimate of drug-likeness (QED) is 0.323. The van der Waals surface area contributed by atoms with Crippen molar-refractivity contribution in [3.63, 3.8) is 0 Å². The van der Waals surface area contributed by atoms with Crippen LogP contribution in [0.15, 0.2) is 4.99 Å². The number of ether oxygens (including phenoxy) is 1. The van der Waals surface area contributed by atoms with Crippen LogP contribution in [0.2, 0.25) is 0 Å². The lowest BCUT2D eigenvalue weighted by atomic mass is 10.0. The number of nitrogens with one attached hydrogen (secondary N) is 3. The molecule has 0 aromatic rings. The first-order valence-electron chi connectivity index (χ1n) is 8.46. The van der Waals surface area contributed by atoms with Crippen LogP contribution in [0.4, 0.5) is 0 Å². The zero-order valence-electron chi connectivity index (χ0n) is 14.1. The molecule has 1 aliphatic carbocycles. The molecule has 1 rings (SSSR count). The molecule has 0 spiro atoms. The number of guanidine groups is 1. The second-order valence-corrected chi connectivity index (χ2v) is 5.84. The van der Waals surface area contributed by atoms with Crippen molar-refractivity contribution >= 4 is 11.9 Å². The predicted molar refractivity (Wildman–Crippen MR) is 90.1 cm³/mol. The summed E-state index contributed by atoms with van der Waals surface area (Å²) in [4.78, 5) is 15.7. The van der Waals surface area contributed by atoms with E-state index in [0.29, 0.717) is 19.1 Å². The fourth-order valence-electron chi connectivity index (χ4n) is 2.80. The molecule has 0 unspecified atom stereocenters. The van der Waals surface area contributed by atoms with E-state index in [4.69, 9.17) is 4.74 Å². The van der Waals surface area contributed by atoms with Gasteiger partial charge in [-0.3, -0.25) is 9.79 Å². The largest absolute Gasteiger partial charge is 0.383 e. The second kappa shape index (κ2) is 12.3. The van der Waals surface area contributed by atoms with Gasteiger partial charge in [0.2, 0.25) is 5.91 Å². The molecule has 0 bridgehead atoms. The lowest BCUT2D eigenvalue weighted by Gasteiger charge is -2.12. The van der Waals surface area contributed by atoms with Gasteiger partial charge in [-0.15, -0.1) is 0 Å². The Kier molecular flexibility index (Phi) is 10.5. The average Bonchev–Trinajstić information content (AvgIpc) is 3.03. The molecule has 0 aromatic carbocycles. The first-order valence-corrected chi connectivity index (χ1v) is 8.46. The molecule has 1 fully saturated rings. The molecule has 0 atom stereocenters. The SMILES string of the molecule is CN=C(NCCCCC1CCCC1)NCC(=O)NCCOC. The van der Waals surface area contributed by atoms with Gasteiger partial charge >= 0.3 is 0 Å². The van der Waals surface area contributed by atoms with Crippen LogP contribution in [0.25, 0.3) is 0 Å². The van der Waals surface area contributed by atoms with E-state index >= 15 is 0 Å². The molecule has 128 valence electrons. The highest BCUT2D eigenvalue weighted by Crippen LogP contribution is 2.28. The first-order chi connectivity index (χ1) is 10.8. The van der Waals surface area contributed by atoms with Crippen molar-refractivity contribution in [2.75, 3.05) is 40.4 Å². The Morgan fingerprint density at radius 3 is 2.59 bits per heavy atom. The minimum Gasteiger partial charge on any atom is -0.383 e. The Labute approximate surface area is 134 Å². The number of carbonyl (C=O) groups is 1. The summed E-state index contributed by atoms with van der Waals surface area (Å²) in [6, 6.07) is 0. The molecule has 6 nitrogen and oxygen atoms in total. The van der Waals surface area contributed by atoms with Crippen molar-refractivity contribution in [2.24, 2.45) is 10.9 Å². The third kappa shape index (κ3) is 8.87. The van der Waals surface area contributed by atoms with Gasteiger partial charge in [-0.2, -0.15) is 0 Å². The molecule has 1 saturated carbocycles. The van der Waals surface area contributed by atoms with Crippen LogP contribution in [0.3, 0.4) is 0 Å². The van der Waals surface area contributed by atoms with E-state index in [-0.39, 0.29) is 12.5 Å². The molecule has 0 saturated heterocycles. The second-order valence-electron chi connectivity index (χ2n) is 5.84. The Hall–Kier alpha value is -1.30. The zero-order valence-corrected chi connectivity index (χ0v) is 14.1. The normalized spacial score (nSPS) is 15.8. The number of hydrogen-bond acceptors (Lipinski definition) is 3. The molecule has 6 heteroatoms. The van der Waals surface area contributed by atoms with Gasteiger partial charge in [0.25, 0.3) is 0 Å². The summed E-state index contributed by atoms with van der Waals surface area (Å²) in [5.74, 6) is 1.59. The Bertz CT molecular complexity index is 328. The summed E-state index contributed by atoms with van der Waals surface area (Å²) in [5.41, 5.74) is 0. The zero-order chi connectivity index (χ0) is 16.0. The highest BCUT2D eigenvalue weighted by atomic mass is 16.5. The summed E-state index contributed by atoms with van der Waals surface area (Å²) in [7, 11) is 3.33. The third-order valence-electron chi connectivity index (χ3n) is 4.07. The van der Waals surface area contributed by atoms with Gasteiger partial charge in [0.1, 0.15) is 0 Å². The molecular formula is C16H32N4O2. The van der Waals surface area contributed by atoms with Crippen molar-refractivity contribution in [1.82, 2.24) is 16.0 Å². The van der Waals surface area contributed by atoms with Crippen molar-refractivity contribution in [1.29, 1.82) is 0 Å². The number of unbranched alkanes of at least 4 members (excludes halogenated alkanes) is 1. The molecule has 1 amide bonds. The van der Waals surface area contributed by atoms with E-state index in [1.807, 2.05) is 0 Å². The standard InChI is InChI=1S/C16H32N4O2/c1-17-16(20-13-15(21)18-11-12-22-2)19-10-6-5-9-14-7-3-4-8-14/h14H,3-13H2,1-2H3,(H,18,21)(H2,17,19,20). The van der Waals surface area contributed by atoms with Crippen LogP contribution >= 0.6 is 0 Å². The lowest BCUT2D eigenvalue weighted by molar-refractivity contribution is -0.120. The van der Waals surface area contributed by atoms with Gasteiger partial charge in [0, 0.05) is 27.2 Å². The number of hydrogen-bond donors (Lipinski definition) is 3. The summed E-state index contributed by atoms with van der Waals surface area (Å²) < 4.78 is 4.88. The molecule has 1 aliphatic rings. The van der Waals surface area contributed by atoms with Gasteiger partial charge < -0.3 is 20.7 Å². The fraction of sp³-hybridized carbons (Fsp3) is 0.875. The van der Waals surface area contributed by atoms with Crippen LogP contribution in [-0.2, 0) is 9.53 Å². The summed E-state index contributed by atoms with van der Waals surface area (Å²) in [6.07, 6.45) is 9.47. The van der Waals surface area contributed by atoms with Crippen molar-refractivity contribution < 1.29 is 9.53 Å². The van der Waals surface area contributed by atoms with Crippen LogP contribution < -0.4 is 16.0 Å². The number of nitrogens with zero attached hydrogens (tertiary/aromatic N) is 1. The molecule has 0 aliphatic heterocycles. The highest BCUT2D eigenvalue weighted by Gasteiger charge is 2.13. The van der Waals surface area contributed by atoms with Gasteiger partial charge in [-0.1, -0.05) is 38.5 Å². The van der Waals surface area contributed by atoms with Crippen LogP contribution in [-0.4, -0.2) is 52.3 Å². The molecular weight excluding hydrogens is 280 g/mol. The maximum Gasteiger partial charge on any atom is 0.239 e. The van der Waals surface area contributed by atoms with Gasteiger partial charge in [-0.25, -0.2) is 0 Å². The first kappa shape index (κ1) is 18.7. The smallest absolute Gasteiger partial charge is 0.239 e. The molecule has 0 radical (unpaired) electrons. The van der Waals surface area contributed by atoms with E-state index < -0.39 is 0 Å². The fourth-order valence-corrected chi connectivity index (χ4v) is 2.80. The van der Waals surface area contributed by atoms with Crippen molar-refractivity contribution in [2.45, 2.75) is 44.9 Å². The predicted octanol–water partition coefficient (Wildman–Crippen LogP) is 1.27. The van der Waals surface area contributed by atoms with Crippen LogP contribution in [0.1, 0.15) is 44.9 Å². The Morgan fingerprint density at radius 2 is 1.91 bits per heavy atom. The van der Waals surface area contributed by atoms with E-state index in [1.54, 1.807) is 14.2 Å². The van der Waals surface area contributed by atoms with E-state index in [0.717, 1.165) is 18.9 Å². The summed E-state index contributed by atoms with van der Waals surface area (Å²) in [6.45, 7) is 2.19. The third-order valence-corrected chi connectivity index (χ3v) is 4.07. The van der Waals surface area contributed by atoms with E-state index in [9.17, 15) is 4.79 Å². The Morgan fingerprint density at radius 1 is 1.14 bits per heavy atom. The number of methoxy groups -OCH3 is 1. The highest BCUT2D eigenvalue weighted by molar-refractivity contribution is 5.86. The van der Waals surface area contributed by atoms with Gasteiger partial charge in [0.15, 0.2) is 5.96 Å². The van der Waals surface area contributed by atoms with E-state index in [1.165, 1.54) is 38.5 Å². The van der Waals surface area contributed by atoms with Gasteiger partial charge in [0.05, 0.1) is 13.2 Å². The Balaban J connectivity index is 2.00. The molecule has 3 N–H and O–H groups in total. The van der Waals surface area contributed by atoms with Crippen LogP contribution in [0, 0.1) is 5.92 Å². The number of rotatable bonds is 10. The lowest BCUT2D eigenvalue weighted by Crippen LogP contribution is -2.43. The topological polar surface area (TPSA) is 74.8 Å². The number of amides is 1. The minimum absolute atomic E-state index is 0.0544. The van der Waals surface area contributed by atoms with Crippen LogP contribution in [0.5, 0.6) is 0 Å². The van der Waals surface area contributed by atoms with Crippen molar-refractivity contribution in [3.8, 4) is 0 Å². The maximum absolute atomic E-state index is 11.5. The van der Waals surface area contributed by atoms with E-state index in [2.05, 4.69) is 20.9 Å². The maximum atomic E-state index is 11.5. The number of carbonyl (C=O) groups excluding carboxylic acids is 1. The molecule has 0 heterocycles.